The number of hydrogen-bond donors (Lipinski definition) is 0. The Balaban J connectivity index is 1.29. The number of carbonyl (C=O) groups excluding carboxylic acids is 1. The van der Waals surface area contributed by atoms with Crippen LogP contribution in [0.15, 0.2) is 60.0 Å². The zero-order chi connectivity index (χ0) is 20.9. The predicted molar refractivity (Wildman–Crippen MR) is 125 cm³/mol. The minimum Gasteiger partial charge on any atom is -0.337 e. The Bertz CT molecular complexity index is 1040. The number of aromatic nitrogens is 1. The third kappa shape index (κ3) is 5.29. The summed E-state index contributed by atoms with van der Waals surface area (Å²) in [6, 6.07) is 15.2. The molecule has 1 saturated heterocycles. The standard InChI is InChI=1S/C23H21Cl2N3OS/c24-19-8-5-18(6-9-19)21-16-30-22(26-21)15-27-11-13-28(14-12-27)23(29)10-7-17-3-1-2-4-20(17)25/h1-10,16H,11-15H2/b10-7+. The lowest BCUT2D eigenvalue weighted by molar-refractivity contribution is -0.127. The van der Waals surface area contributed by atoms with Crippen molar-refractivity contribution in [3.8, 4) is 11.3 Å². The van der Waals surface area contributed by atoms with Gasteiger partial charge in [0.25, 0.3) is 0 Å². The van der Waals surface area contributed by atoms with Gasteiger partial charge >= 0.3 is 0 Å². The SMILES string of the molecule is O=C(/C=C/c1ccccc1Cl)N1CCN(Cc2nc(-c3ccc(Cl)cc3)cs2)CC1. The summed E-state index contributed by atoms with van der Waals surface area (Å²) < 4.78 is 0. The minimum atomic E-state index is 0.0221. The van der Waals surface area contributed by atoms with E-state index in [9.17, 15) is 4.79 Å². The third-order valence-corrected chi connectivity index (χ3v) is 6.48. The zero-order valence-corrected chi connectivity index (χ0v) is 18.6. The number of amides is 1. The van der Waals surface area contributed by atoms with E-state index in [0.29, 0.717) is 18.1 Å². The highest BCUT2D eigenvalue weighted by molar-refractivity contribution is 7.09. The molecule has 2 aromatic carbocycles. The molecule has 0 unspecified atom stereocenters. The van der Waals surface area contributed by atoms with E-state index >= 15 is 0 Å². The molecule has 1 aliphatic rings. The highest BCUT2D eigenvalue weighted by atomic mass is 35.5. The van der Waals surface area contributed by atoms with Gasteiger partial charge in [0.05, 0.1) is 12.2 Å². The van der Waals surface area contributed by atoms with Crippen molar-refractivity contribution in [3.63, 3.8) is 0 Å². The Morgan fingerprint density at radius 1 is 1.03 bits per heavy atom. The van der Waals surface area contributed by atoms with E-state index in [1.807, 2.05) is 53.4 Å². The van der Waals surface area contributed by atoms with E-state index < -0.39 is 0 Å². The molecule has 0 spiro atoms. The molecule has 1 fully saturated rings. The molecule has 1 amide bonds. The van der Waals surface area contributed by atoms with Crippen molar-refractivity contribution in [2.75, 3.05) is 26.2 Å². The largest absolute Gasteiger partial charge is 0.337 e. The average Bonchev–Trinajstić information content (AvgIpc) is 3.22. The van der Waals surface area contributed by atoms with Crippen LogP contribution in [-0.2, 0) is 11.3 Å². The first-order chi connectivity index (χ1) is 14.6. The lowest BCUT2D eigenvalue weighted by atomic mass is 10.2. The quantitative estimate of drug-likeness (QED) is 0.476. The van der Waals surface area contributed by atoms with Gasteiger partial charge in [0, 0.05) is 53.2 Å². The molecule has 0 atom stereocenters. The predicted octanol–water partition coefficient (Wildman–Crippen LogP) is 5.47. The Morgan fingerprint density at radius 3 is 2.50 bits per heavy atom. The van der Waals surface area contributed by atoms with Gasteiger partial charge in [-0.3, -0.25) is 9.69 Å². The molecule has 4 rings (SSSR count). The van der Waals surface area contributed by atoms with Gasteiger partial charge in [-0.25, -0.2) is 4.98 Å². The molecule has 1 aromatic heterocycles. The zero-order valence-electron chi connectivity index (χ0n) is 16.3. The Morgan fingerprint density at radius 2 is 1.77 bits per heavy atom. The van der Waals surface area contributed by atoms with Crippen LogP contribution in [0.2, 0.25) is 10.0 Å². The number of rotatable bonds is 5. The summed E-state index contributed by atoms with van der Waals surface area (Å²) >= 11 is 13.8. The van der Waals surface area contributed by atoms with Crippen molar-refractivity contribution < 1.29 is 4.79 Å². The smallest absolute Gasteiger partial charge is 0.246 e. The molecule has 7 heteroatoms. The highest BCUT2D eigenvalue weighted by Gasteiger charge is 2.20. The van der Waals surface area contributed by atoms with E-state index in [4.69, 9.17) is 28.2 Å². The fraction of sp³-hybridized carbons (Fsp3) is 0.217. The normalized spacial score (nSPS) is 15.1. The van der Waals surface area contributed by atoms with Crippen molar-refractivity contribution in [1.82, 2.24) is 14.8 Å². The van der Waals surface area contributed by atoms with Gasteiger partial charge in [0.1, 0.15) is 5.01 Å². The molecule has 0 N–H and O–H groups in total. The first kappa shape index (κ1) is 21.1. The fourth-order valence-electron chi connectivity index (χ4n) is 3.33. The van der Waals surface area contributed by atoms with E-state index in [0.717, 1.165) is 46.5 Å². The van der Waals surface area contributed by atoms with Crippen LogP contribution >= 0.6 is 34.5 Å². The van der Waals surface area contributed by atoms with Crippen LogP contribution in [0.5, 0.6) is 0 Å². The monoisotopic (exact) mass is 457 g/mol. The van der Waals surface area contributed by atoms with Gasteiger partial charge in [0.2, 0.25) is 5.91 Å². The van der Waals surface area contributed by atoms with E-state index in [2.05, 4.69) is 10.3 Å². The summed E-state index contributed by atoms with van der Waals surface area (Å²) in [6.45, 7) is 3.89. The van der Waals surface area contributed by atoms with Gasteiger partial charge in [-0.15, -0.1) is 11.3 Å². The van der Waals surface area contributed by atoms with Crippen LogP contribution in [0.3, 0.4) is 0 Å². The number of hydrogen-bond acceptors (Lipinski definition) is 4. The molecule has 3 aromatic rings. The van der Waals surface area contributed by atoms with Crippen molar-refractivity contribution in [2.45, 2.75) is 6.54 Å². The molecular weight excluding hydrogens is 437 g/mol. The van der Waals surface area contributed by atoms with Crippen LogP contribution in [0.25, 0.3) is 17.3 Å². The van der Waals surface area contributed by atoms with Gasteiger partial charge in [-0.2, -0.15) is 0 Å². The second-order valence-electron chi connectivity index (χ2n) is 7.09. The fourth-order valence-corrected chi connectivity index (χ4v) is 4.50. The maximum absolute atomic E-state index is 12.5. The molecule has 0 saturated carbocycles. The third-order valence-electron chi connectivity index (χ3n) is 5.05. The molecule has 0 radical (unpaired) electrons. The average molecular weight is 458 g/mol. The molecule has 4 nitrogen and oxygen atoms in total. The lowest BCUT2D eigenvalue weighted by Gasteiger charge is -2.33. The molecule has 2 heterocycles. The van der Waals surface area contributed by atoms with Crippen molar-refractivity contribution in [1.29, 1.82) is 0 Å². The van der Waals surface area contributed by atoms with E-state index in [-0.39, 0.29) is 5.91 Å². The topological polar surface area (TPSA) is 36.4 Å². The lowest BCUT2D eigenvalue weighted by Crippen LogP contribution is -2.47. The maximum atomic E-state index is 12.5. The first-order valence-electron chi connectivity index (χ1n) is 9.73. The number of thiazole rings is 1. The van der Waals surface area contributed by atoms with Crippen LogP contribution < -0.4 is 0 Å². The van der Waals surface area contributed by atoms with Crippen LogP contribution in [0, 0.1) is 0 Å². The number of halogens is 2. The maximum Gasteiger partial charge on any atom is 0.246 e. The first-order valence-corrected chi connectivity index (χ1v) is 11.4. The van der Waals surface area contributed by atoms with Crippen molar-refractivity contribution >= 4 is 46.5 Å². The Hall–Kier alpha value is -2.18. The van der Waals surface area contributed by atoms with Crippen LogP contribution in [-0.4, -0.2) is 46.9 Å². The van der Waals surface area contributed by atoms with Gasteiger partial charge in [0.15, 0.2) is 0 Å². The molecule has 0 aliphatic carbocycles. The summed E-state index contributed by atoms with van der Waals surface area (Å²) in [5, 5.41) is 4.53. The van der Waals surface area contributed by atoms with E-state index in [1.54, 1.807) is 23.5 Å². The molecule has 154 valence electrons. The molecule has 30 heavy (non-hydrogen) atoms. The molecule has 1 aliphatic heterocycles. The van der Waals surface area contributed by atoms with Gasteiger partial charge < -0.3 is 4.90 Å². The minimum absolute atomic E-state index is 0.0221. The summed E-state index contributed by atoms with van der Waals surface area (Å²) in [5.74, 6) is 0.0221. The number of benzene rings is 2. The van der Waals surface area contributed by atoms with Crippen molar-refractivity contribution in [2.24, 2.45) is 0 Å². The second-order valence-corrected chi connectivity index (χ2v) is 8.88. The Kier molecular flexibility index (Phi) is 6.85. The van der Waals surface area contributed by atoms with Crippen molar-refractivity contribution in [3.05, 3.63) is 80.6 Å². The summed E-state index contributed by atoms with van der Waals surface area (Å²) in [4.78, 5) is 21.5. The highest BCUT2D eigenvalue weighted by Crippen LogP contribution is 2.24. The van der Waals surface area contributed by atoms with Crippen LogP contribution in [0.1, 0.15) is 10.6 Å². The molecule has 0 bridgehead atoms. The van der Waals surface area contributed by atoms with Gasteiger partial charge in [-0.05, 0) is 29.8 Å². The summed E-state index contributed by atoms with van der Waals surface area (Å²) in [7, 11) is 0. The van der Waals surface area contributed by atoms with E-state index in [1.165, 1.54) is 0 Å². The van der Waals surface area contributed by atoms with Crippen LogP contribution in [0.4, 0.5) is 0 Å². The Labute approximate surface area is 190 Å². The number of nitrogens with zero attached hydrogens (tertiary/aromatic N) is 3. The molecular formula is C23H21Cl2N3OS. The summed E-state index contributed by atoms with van der Waals surface area (Å²) in [5.41, 5.74) is 2.90. The number of carbonyl (C=O) groups is 1. The summed E-state index contributed by atoms with van der Waals surface area (Å²) in [6.07, 6.45) is 3.39. The second kappa shape index (κ2) is 9.75. The van der Waals surface area contributed by atoms with Gasteiger partial charge in [-0.1, -0.05) is 53.5 Å². The number of piperazine rings is 1.